The molecule has 0 N–H and O–H groups in total. The van der Waals surface area contributed by atoms with Gasteiger partial charge in [0.25, 0.3) is 5.56 Å². The van der Waals surface area contributed by atoms with Crippen LogP contribution in [0.5, 0.6) is 0 Å². The predicted molar refractivity (Wildman–Crippen MR) is 127 cm³/mol. The van der Waals surface area contributed by atoms with Crippen molar-refractivity contribution in [1.82, 2.24) is 24.4 Å². The zero-order valence-corrected chi connectivity index (χ0v) is 19.8. The Morgan fingerprint density at radius 1 is 1.22 bits per heavy atom. The predicted octanol–water partition coefficient (Wildman–Crippen LogP) is 3.20. The third-order valence-electron chi connectivity index (χ3n) is 6.31. The lowest BCUT2D eigenvalue weighted by Crippen LogP contribution is -2.42. The molecule has 9 heteroatoms. The van der Waals surface area contributed by atoms with Gasteiger partial charge in [-0.2, -0.15) is 4.52 Å². The second kappa shape index (κ2) is 9.33. The summed E-state index contributed by atoms with van der Waals surface area (Å²) in [6, 6.07) is 10.6. The van der Waals surface area contributed by atoms with Crippen molar-refractivity contribution in [2.45, 2.75) is 56.1 Å². The molecule has 0 saturated carbocycles. The van der Waals surface area contributed by atoms with E-state index in [1.807, 2.05) is 23.1 Å². The van der Waals surface area contributed by atoms with Gasteiger partial charge in [-0.25, -0.2) is 4.98 Å². The topological polar surface area (TPSA) is 70.8 Å². The Balaban J connectivity index is 1.30. The SMILES string of the molecule is C[C@H]1CCCCN1C(=O)CSc1nn2c(=O)c3c(nc2s1)CCN(Cc1ccccc1)C3. The molecule has 2 aliphatic rings. The van der Waals surface area contributed by atoms with Crippen LogP contribution >= 0.6 is 23.1 Å². The van der Waals surface area contributed by atoms with Gasteiger partial charge in [-0.15, -0.1) is 5.10 Å². The van der Waals surface area contributed by atoms with Gasteiger partial charge in [0, 0.05) is 38.6 Å². The molecule has 7 nitrogen and oxygen atoms in total. The number of hydrogen-bond donors (Lipinski definition) is 0. The molecule has 1 aromatic carbocycles. The summed E-state index contributed by atoms with van der Waals surface area (Å²) in [5, 5.41) is 4.50. The minimum absolute atomic E-state index is 0.0816. The number of amides is 1. The molecule has 2 aromatic heterocycles. The maximum Gasteiger partial charge on any atom is 0.279 e. The molecule has 1 fully saturated rings. The summed E-state index contributed by atoms with van der Waals surface area (Å²) in [5.41, 5.74) is 2.79. The summed E-state index contributed by atoms with van der Waals surface area (Å²) in [7, 11) is 0. The van der Waals surface area contributed by atoms with Crippen LogP contribution < -0.4 is 5.56 Å². The Labute approximate surface area is 195 Å². The van der Waals surface area contributed by atoms with Crippen LogP contribution in [0.4, 0.5) is 0 Å². The lowest BCUT2D eigenvalue weighted by Gasteiger charge is -2.33. The van der Waals surface area contributed by atoms with Gasteiger partial charge in [0.1, 0.15) is 0 Å². The van der Waals surface area contributed by atoms with Crippen molar-refractivity contribution in [2.24, 2.45) is 0 Å². The Kier molecular flexibility index (Phi) is 6.30. The Bertz CT molecular complexity index is 1180. The number of hydrogen-bond acceptors (Lipinski definition) is 7. The molecule has 0 bridgehead atoms. The molecule has 2 aliphatic heterocycles. The minimum Gasteiger partial charge on any atom is -0.339 e. The largest absolute Gasteiger partial charge is 0.339 e. The summed E-state index contributed by atoms with van der Waals surface area (Å²) >= 11 is 2.81. The van der Waals surface area contributed by atoms with Crippen LogP contribution in [0.25, 0.3) is 4.96 Å². The van der Waals surface area contributed by atoms with Crippen LogP contribution in [-0.4, -0.2) is 55.2 Å². The highest BCUT2D eigenvalue weighted by atomic mass is 32.2. The number of carbonyl (C=O) groups is 1. The lowest BCUT2D eigenvalue weighted by atomic mass is 10.0. The summed E-state index contributed by atoms with van der Waals surface area (Å²) < 4.78 is 2.14. The molecular formula is C23H27N5O2S2. The molecule has 0 aliphatic carbocycles. The highest BCUT2D eigenvalue weighted by Gasteiger charge is 2.25. The van der Waals surface area contributed by atoms with Crippen LogP contribution in [0.2, 0.25) is 0 Å². The van der Waals surface area contributed by atoms with Gasteiger partial charge in [-0.1, -0.05) is 53.4 Å². The molecular weight excluding hydrogens is 442 g/mol. The van der Waals surface area contributed by atoms with Gasteiger partial charge in [-0.05, 0) is 31.7 Å². The van der Waals surface area contributed by atoms with Gasteiger partial charge in [-0.3, -0.25) is 14.5 Å². The van der Waals surface area contributed by atoms with E-state index in [2.05, 4.69) is 29.1 Å². The quantitative estimate of drug-likeness (QED) is 0.535. The number of carbonyl (C=O) groups excluding carboxylic acids is 1. The van der Waals surface area contributed by atoms with Crippen molar-refractivity contribution in [3.8, 4) is 0 Å². The van der Waals surface area contributed by atoms with Crippen LogP contribution in [0.3, 0.4) is 0 Å². The van der Waals surface area contributed by atoms with Crippen molar-refractivity contribution < 1.29 is 4.79 Å². The van der Waals surface area contributed by atoms with Crippen LogP contribution in [-0.2, 0) is 24.3 Å². The molecule has 4 heterocycles. The molecule has 0 spiro atoms. The van der Waals surface area contributed by atoms with Crippen molar-refractivity contribution >= 4 is 34.0 Å². The third-order valence-corrected chi connectivity index (χ3v) is 8.34. The van der Waals surface area contributed by atoms with E-state index < -0.39 is 0 Å². The second-order valence-electron chi connectivity index (χ2n) is 8.57. The molecule has 5 rings (SSSR count). The van der Waals surface area contributed by atoms with E-state index in [4.69, 9.17) is 4.98 Å². The summed E-state index contributed by atoms with van der Waals surface area (Å²) in [6.45, 7) is 5.25. The molecule has 3 aromatic rings. The maximum atomic E-state index is 13.2. The molecule has 0 radical (unpaired) electrons. The molecule has 0 unspecified atom stereocenters. The fourth-order valence-corrected chi connectivity index (χ4v) is 6.38. The first-order chi connectivity index (χ1) is 15.6. The highest BCUT2D eigenvalue weighted by Crippen LogP contribution is 2.26. The number of fused-ring (bicyclic) bond motifs is 2. The fourth-order valence-electron chi connectivity index (χ4n) is 4.55. The smallest absolute Gasteiger partial charge is 0.279 e. The first-order valence-corrected chi connectivity index (χ1v) is 13.0. The Morgan fingerprint density at radius 2 is 2.06 bits per heavy atom. The normalized spacial score (nSPS) is 19.3. The van der Waals surface area contributed by atoms with Gasteiger partial charge in [0.2, 0.25) is 10.9 Å². The fraction of sp³-hybridized carbons (Fsp3) is 0.478. The third kappa shape index (κ3) is 4.46. The molecule has 1 atom stereocenters. The molecule has 168 valence electrons. The van der Waals surface area contributed by atoms with Gasteiger partial charge in [0.05, 0.1) is 17.0 Å². The monoisotopic (exact) mass is 469 g/mol. The van der Waals surface area contributed by atoms with Crippen LogP contribution in [0.15, 0.2) is 39.5 Å². The number of thioether (sulfide) groups is 1. The lowest BCUT2D eigenvalue weighted by molar-refractivity contribution is -0.131. The van der Waals surface area contributed by atoms with Crippen molar-refractivity contribution in [3.05, 3.63) is 57.5 Å². The summed E-state index contributed by atoms with van der Waals surface area (Å²) in [5.74, 6) is 0.501. The van der Waals surface area contributed by atoms with Crippen LogP contribution in [0, 0.1) is 0 Å². The van der Waals surface area contributed by atoms with E-state index in [9.17, 15) is 9.59 Å². The standard InChI is InChI=1S/C23H27N5O2S2/c1-16-7-5-6-11-27(16)20(29)15-31-23-25-28-21(30)18-14-26(13-17-8-3-2-4-9-17)12-10-19(18)24-22(28)32-23/h2-4,8-9,16H,5-7,10-15H2,1H3/t16-/m0/s1. The number of benzene rings is 1. The first-order valence-electron chi connectivity index (χ1n) is 11.2. The van der Waals surface area contributed by atoms with Crippen molar-refractivity contribution in [1.29, 1.82) is 0 Å². The van der Waals surface area contributed by atoms with Crippen molar-refractivity contribution in [2.75, 3.05) is 18.8 Å². The van der Waals surface area contributed by atoms with E-state index in [0.29, 0.717) is 23.3 Å². The van der Waals surface area contributed by atoms with E-state index in [1.54, 1.807) is 0 Å². The van der Waals surface area contributed by atoms with E-state index >= 15 is 0 Å². The first kappa shape index (κ1) is 21.6. The van der Waals surface area contributed by atoms with E-state index in [0.717, 1.165) is 54.5 Å². The maximum absolute atomic E-state index is 13.2. The molecule has 1 amide bonds. The number of rotatable bonds is 5. The number of aromatic nitrogens is 3. The summed E-state index contributed by atoms with van der Waals surface area (Å²) in [6.07, 6.45) is 4.11. The number of nitrogens with zero attached hydrogens (tertiary/aromatic N) is 5. The van der Waals surface area contributed by atoms with Crippen LogP contribution in [0.1, 0.15) is 43.0 Å². The van der Waals surface area contributed by atoms with Crippen molar-refractivity contribution in [3.63, 3.8) is 0 Å². The minimum atomic E-state index is -0.0816. The molecule has 32 heavy (non-hydrogen) atoms. The summed E-state index contributed by atoms with van der Waals surface area (Å²) in [4.78, 5) is 35.5. The Hall–Kier alpha value is -2.23. The Morgan fingerprint density at radius 3 is 2.88 bits per heavy atom. The van der Waals surface area contributed by atoms with E-state index in [1.165, 1.54) is 39.6 Å². The number of likely N-dealkylation sites (tertiary alicyclic amines) is 1. The van der Waals surface area contributed by atoms with Gasteiger partial charge < -0.3 is 4.90 Å². The highest BCUT2D eigenvalue weighted by molar-refractivity contribution is 8.01. The average Bonchev–Trinajstić information content (AvgIpc) is 3.22. The average molecular weight is 470 g/mol. The number of piperidine rings is 1. The molecule has 1 saturated heterocycles. The van der Waals surface area contributed by atoms with E-state index in [-0.39, 0.29) is 11.5 Å². The van der Waals surface area contributed by atoms with Gasteiger partial charge in [0.15, 0.2) is 4.34 Å². The van der Waals surface area contributed by atoms with Gasteiger partial charge >= 0.3 is 0 Å². The zero-order chi connectivity index (χ0) is 22.1. The zero-order valence-electron chi connectivity index (χ0n) is 18.2. The second-order valence-corrected chi connectivity index (χ2v) is 10.7.